The zero-order valence-corrected chi connectivity index (χ0v) is 13.4. The predicted octanol–water partition coefficient (Wildman–Crippen LogP) is 1.85. The molecule has 0 radical (unpaired) electrons. The first-order chi connectivity index (χ1) is 11.4. The van der Waals surface area contributed by atoms with Crippen molar-refractivity contribution in [3.63, 3.8) is 0 Å². The minimum atomic E-state index is -1.25. The molecule has 24 heavy (non-hydrogen) atoms. The summed E-state index contributed by atoms with van der Waals surface area (Å²) in [6, 6.07) is 11.0. The molecule has 2 aromatic rings. The molecule has 2 heterocycles. The maximum atomic E-state index is 12.7. The molecule has 1 saturated heterocycles. The zero-order chi connectivity index (χ0) is 17.3. The van der Waals surface area contributed by atoms with Crippen LogP contribution in [-0.4, -0.2) is 27.8 Å². The number of halogens is 1. The van der Waals surface area contributed by atoms with Gasteiger partial charge in [-0.05, 0) is 24.6 Å². The number of amides is 4. The summed E-state index contributed by atoms with van der Waals surface area (Å²) in [6.45, 7) is 1.58. The number of nitrogens with one attached hydrogen (secondary N) is 2. The highest BCUT2D eigenvalue weighted by atomic mass is 35.5. The number of hydrogen-bond donors (Lipinski definition) is 2. The third-order valence-corrected chi connectivity index (χ3v) is 3.97. The molecule has 1 unspecified atom stereocenters. The molecular formula is C16H13ClN4O3. The quantitative estimate of drug-likeness (QED) is 0.656. The lowest BCUT2D eigenvalue weighted by Crippen LogP contribution is -2.47. The molecule has 3 rings (SSSR count). The fourth-order valence-electron chi connectivity index (χ4n) is 2.38. The maximum Gasteiger partial charge on any atom is 0.344 e. The van der Waals surface area contributed by atoms with Gasteiger partial charge in [0.2, 0.25) is 0 Å². The summed E-state index contributed by atoms with van der Waals surface area (Å²) in [5, 5.41) is 3.50. The Balaban J connectivity index is 1.82. The molecule has 0 saturated carbocycles. The number of urea groups is 1. The van der Waals surface area contributed by atoms with Gasteiger partial charge >= 0.3 is 6.03 Å². The molecule has 122 valence electrons. The lowest BCUT2D eigenvalue weighted by Gasteiger charge is -2.22. The molecule has 1 aromatic carbocycles. The standard InChI is InChI=1S/C16H13ClN4O3/c1-16(11-5-3-2-4-6-11)14(23)21(15(24)19-16)20-13(22)10-7-8-12(17)18-9-10/h2-9H,1H3,(H,19,24)(H,20,22). The number of nitrogens with zero attached hydrogens (tertiary/aromatic N) is 2. The Labute approximate surface area is 142 Å². The Hall–Kier alpha value is -2.93. The summed E-state index contributed by atoms with van der Waals surface area (Å²) in [4.78, 5) is 40.8. The van der Waals surface area contributed by atoms with Gasteiger partial charge in [-0.1, -0.05) is 41.9 Å². The maximum absolute atomic E-state index is 12.7. The normalized spacial score (nSPS) is 20.0. The number of hydrogen-bond acceptors (Lipinski definition) is 4. The highest BCUT2D eigenvalue weighted by Gasteiger charge is 2.50. The zero-order valence-electron chi connectivity index (χ0n) is 12.6. The van der Waals surface area contributed by atoms with Crippen LogP contribution >= 0.6 is 11.6 Å². The molecule has 1 fully saturated rings. The van der Waals surface area contributed by atoms with E-state index in [1.54, 1.807) is 37.3 Å². The van der Waals surface area contributed by atoms with E-state index >= 15 is 0 Å². The van der Waals surface area contributed by atoms with Crippen LogP contribution in [0.3, 0.4) is 0 Å². The second-order valence-corrected chi connectivity index (χ2v) is 5.76. The summed E-state index contributed by atoms with van der Waals surface area (Å²) in [5.74, 6) is -1.21. The summed E-state index contributed by atoms with van der Waals surface area (Å²) < 4.78 is 0. The van der Waals surface area contributed by atoms with Gasteiger partial charge in [-0.2, -0.15) is 5.01 Å². The third-order valence-electron chi connectivity index (χ3n) is 3.74. The number of rotatable bonds is 3. The summed E-state index contributed by atoms with van der Waals surface area (Å²) >= 11 is 5.67. The fourth-order valence-corrected chi connectivity index (χ4v) is 2.50. The Morgan fingerprint density at radius 1 is 1.21 bits per heavy atom. The Morgan fingerprint density at radius 3 is 2.54 bits per heavy atom. The van der Waals surface area contributed by atoms with Crippen LogP contribution in [-0.2, 0) is 10.3 Å². The number of benzene rings is 1. The highest BCUT2D eigenvalue weighted by Crippen LogP contribution is 2.27. The van der Waals surface area contributed by atoms with Crippen LogP contribution in [0.2, 0.25) is 5.15 Å². The van der Waals surface area contributed by atoms with Gasteiger partial charge in [-0.3, -0.25) is 15.0 Å². The number of aromatic nitrogens is 1. The van der Waals surface area contributed by atoms with E-state index in [1.165, 1.54) is 18.3 Å². The number of hydrazine groups is 1. The van der Waals surface area contributed by atoms with Crippen molar-refractivity contribution in [3.8, 4) is 0 Å². The molecular weight excluding hydrogens is 332 g/mol. The predicted molar refractivity (Wildman–Crippen MR) is 85.9 cm³/mol. The number of carbonyl (C=O) groups excluding carboxylic acids is 3. The van der Waals surface area contributed by atoms with Crippen LogP contribution in [0.5, 0.6) is 0 Å². The Bertz CT molecular complexity index is 810. The highest BCUT2D eigenvalue weighted by molar-refractivity contribution is 6.29. The second kappa shape index (κ2) is 5.93. The van der Waals surface area contributed by atoms with Crippen LogP contribution < -0.4 is 10.7 Å². The van der Waals surface area contributed by atoms with E-state index in [9.17, 15) is 14.4 Å². The monoisotopic (exact) mass is 344 g/mol. The van der Waals surface area contributed by atoms with Crippen molar-refractivity contribution in [2.45, 2.75) is 12.5 Å². The van der Waals surface area contributed by atoms with Gasteiger partial charge in [-0.25, -0.2) is 9.78 Å². The van der Waals surface area contributed by atoms with E-state index in [4.69, 9.17) is 11.6 Å². The third kappa shape index (κ3) is 2.69. The molecule has 8 heteroatoms. The van der Waals surface area contributed by atoms with E-state index in [2.05, 4.69) is 15.7 Å². The van der Waals surface area contributed by atoms with Crippen LogP contribution in [0.1, 0.15) is 22.8 Å². The molecule has 4 amide bonds. The van der Waals surface area contributed by atoms with E-state index in [1.807, 2.05) is 0 Å². The lowest BCUT2D eigenvalue weighted by atomic mass is 9.92. The number of imide groups is 1. The average Bonchev–Trinajstić information content (AvgIpc) is 2.80. The van der Waals surface area contributed by atoms with Gasteiger partial charge in [0.25, 0.3) is 11.8 Å². The van der Waals surface area contributed by atoms with Crippen LogP contribution in [0, 0.1) is 0 Å². The molecule has 2 N–H and O–H groups in total. The van der Waals surface area contributed by atoms with Crippen molar-refractivity contribution in [3.05, 3.63) is 64.9 Å². The minimum Gasteiger partial charge on any atom is -0.318 e. The molecule has 7 nitrogen and oxygen atoms in total. The smallest absolute Gasteiger partial charge is 0.318 e. The average molecular weight is 345 g/mol. The van der Waals surface area contributed by atoms with Crippen molar-refractivity contribution in [1.82, 2.24) is 20.7 Å². The van der Waals surface area contributed by atoms with Gasteiger partial charge in [0, 0.05) is 6.20 Å². The second-order valence-electron chi connectivity index (χ2n) is 5.37. The van der Waals surface area contributed by atoms with Crippen LogP contribution in [0.15, 0.2) is 48.7 Å². The van der Waals surface area contributed by atoms with E-state index in [0.717, 1.165) is 0 Å². The van der Waals surface area contributed by atoms with E-state index in [0.29, 0.717) is 10.6 Å². The van der Waals surface area contributed by atoms with Crippen molar-refractivity contribution < 1.29 is 14.4 Å². The molecule has 0 spiro atoms. The summed E-state index contributed by atoms with van der Waals surface area (Å²) in [5.41, 5.74) is 1.84. The molecule has 0 bridgehead atoms. The van der Waals surface area contributed by atoms with Gasteiger partial charge < -0.3 is 5.32 Å². The molecule has 1 aromatic heterocycles. The van der Waals surface area contributed by atoms with Gasteiger partial charge in [0.05, 0.1) is 5.56 Å². The van der Waals surface area contributed by atoms with Gasteiger partial charge in [0.1, 0.15) is 10.7 Å². The van der Waals surface area contributed by atoms with E-state index < -0.39 is 23.4 Å². The lowest BCUT2D eigenvalue weighted by molar-refractivity contribution is -0.132. The number of carbonyl (C=O) groups is 3. The first-order valence-electron chi connectivity index (χ1n) is 7.06. The molecule has 1 atom stereocenters. The molecule has 1 aliphatic heterocycles. The van der Waals surface area contributed by atoms with Crippen molar-refractivity contribution in [1.29, 1.82) is 0 Å². The summed E-state index contributed by atoms with van der Waals surface area (Å²) in [7, 11) is 0. The van der Waals surface area contributed by atoms with Crippen molar-refractivity contribution >= 4 is 29.4 Å². The molecule has 1 aliphatic rings. The first-order valence-corrected chi connectivity index (χ1v) is 7.44. The van der Waals surface area contributed by atoms with E-state index in [-0.39, 0.29) is 10.7 Å². The summed E-state index contributed by atoms with van der Waals surface area (Å²) in [6.07, 6.45) is 1.26. The van der Waals surface area contributed by atoms with Crippen LogP contribution in [0.25, 0.3) is 0 Å². The van der Waals surface area contributed by atoms with Crippen LogP contribution in [0.4, 0.5) is 4.79 Å². The van der Waals surface area contributed by atoms with Crippen molar-refractivity contribution in [2.75, 3.05) is 0 Å². The fraction of sp³-hybridized carbons (Fsp3) is 0.125. The first kappa shape index (κ1) is 15.9. The SMILES string of the molecule is CC1(c2ccccc2)NC(=O)N(NC(=O)c2ccc(Cl)nc2)C1=O. The topological polar surface area (TPSA) is 91.4 Å². The number of pyridine rings is 1. The van der Waals surface area contributed by atoms with Gasteiger partial charge in [-0.15, -0.1) is 0 Å². The molecule has 0 aliphatic carbocycles. The minimum absolute atomic E-state index is 0.174. The Morgan fingerprint density at radius 2 is 1.92 bits per heavy atom. The largest absolute Gasteiger partial charge is 0.344 e. The van der Waals surface area contributed by atoms with Gasteiger partial charge in [0.15, 0.2) is 0 Å². The Kier molecular flexibility index (Phi) is 3.94. The van der Waals surface area contributed by atoms with Crippen molar-refractivity contribution in [2.24, 2.45) is 0 Å².